The van der Waals surface area contributed by atoms with Crippen molar-refractivity contribution in [3.05, 3.63) is 34.9 Å². The van der Waals surface area contributed by atoms with Crippen LogP contribution in [0.4, 0.5) is 0 Å². The Morgan fingerprint density at radius 3 is 2.25 bits per heavy atom. The number of benzene rings is 1. The summed E-state index contributed by atoms with van der Waals surface area (Å²) in [6.07, 6.45) is 0.774. The number of hydrogen-bond acceptors (Lipinski definition) is 2. The maximum Gasteiger partial charge on any atom is 0.168 e. The minimum Gasteiger partial charge on any atom is -0.382 e. The molecule has 0 aromatic heterocycles. The molecule has 0 bridgehead atoms. The first kappa shape index (κ1) is 12.9. The first-order valence-electron chi connectivity index (χ1n) is 5.69. The molecule has 88 valence electrons. The molecule has 0 spiro atoms. The van der Waals surface area contributed by atoms with Gasteiger partial charge in [0, 0.05) is 6.42 Å². The lowest BCUT2D eigenvalue weighted by Crippen LogP contribution is -2.35. The van der Waals surface area contributed by atoms with Crippen molar-refractivity contribution in [2.45, 2.75) is 46.1 Å². The molecule has 1 unspecified atom stereocenters. The molecule has 0 aliphatic rings. The highest BCUT2D eigenvalue weighted by Crippen LogP contribution is 2.19. The molecule has 2 heteroatoms. The van der Waals surface area contributed by atoms with Gasteiger partial charge in [0.05, 0.1) is 0 Å². The Hall–Kier alpha value is -1.15. The standard InChI is InChI=1S/C14H20O2/c1-5-14(4,16)13(15)9-12-10(2)7-6-8-11(12)3/h6-8,16H,5,9H2,1-4H3. The summed E-state index contributed by atoms with van der Waals surface area (Å²) in [5, 5.41) is 9.89. The minimum atomic E-state index is -1.20. The highest BCUT2D eigenvalue weighted by Gasteiger charge is 2.28. The highest BCUT2D eigenvalue weighted by molar-refractivity contribution is 5.88. The summed E-state index contributed by atoms with van der Waals surface area (Å²) in [6, 6.07) is 5.98. The second-order valence-electron chi connectivity index (χ2n) is 4.60. The Morgan fingerprint density at radius 2 is 1.81 bits per heavy atom. The van der Waals surface area contributed by atoms with Crippen LogP contribution < -0.4 is 0 Å². The summed E-state index contributed by atoms with van der Waals surface area (Å²) in [4.78, 5) is 11.9. The lowest BCUT2D eigenvalue weighted by atomic mass is 9.89. The fourth-order valence-electron chi connectivity index (χ4n) is 1.68. The quantitative estimate of drug-likeness (QED) is 0.846. The monoisotopic (exact) mass is 220 g/mol. The molecule has 1 N–H and O–H groups in total. The van der Waals surface area contributed by atoms with Gasteiger partial charge < -0.3 is 5.11 Å². The molecule has 0 heterocycles. The smallest absolute Gasteiger partial charge is 0.168 e. The number of aryl methyl sites for hydroxylation is 2. The van der Waals surface area contributed by atoms with Crippen LogP contribution in [-0.4, -0.2) is 16.5 Å². The van der Waals surface area contributed by atoms with Crippen LogP contribution >= 0.6 is 0 Å². The van der Waals surface area contributed by atoms with Gasteiger partial charge in [-0.25, -0.2) is 0 Å². The molecule has 2 nitrogen and oxygen atoms in total. The summed E-state index contributed by atoms with van der Waals surface area (Å²) in [6.45, 7) is 7.40. The number of carbonyl (C=O) groups is 1. The second kappa shape index (κ2) is 4.79. The number of rotatable bonds is 4. The van der Waals surface area contributed by atoms with Gasteiger partial charge >= 0.3 is 0 Å². The van der Waals surface area contributed by atoms with Gasteiger partial charge in [-0.1, -0.05) is 25.1 Å². The molecule has 0 fully saturated rings. The zero-order chi connectivity index (χ0) is 12.3. The summed E-state index contributed by atoms with van der Waals surface area (Å²) in [7, 11) is 0. The van der Waals surface area contributed by atoms with E-state index < -0.39 is 5.60 Å². The summed E-state index contributed by atoms with van der Waals surface area (Å²) >= 11 is 0. The molecule has 0 aliphatic heterocycles. The van der Waals surface area contributed by atoms with Gasteiger partial charge in [-0.15, -0.1) is 0 Å². The first-order valence-corrected chi connectivity index (χ1v) is 5.69. The number of carbonyl (C=O) groups excluding carboxylic acids is 1. The van der Waals surface area contributed by atoms with E-state index in [0.29, 0.717) is 12.8 Å². The molecule has 0 saturated carbocycles. The van der Waals surface area contributed by atoms with Gasteiger partial charge in [-0.3, -0.25) is 4.79 Å². The van der Waals surface area contributed by atoms with Crippen molar-refractivity contribution in [2.75, 3.05) is 0 Å². The van der Waals surface area contributed by atoms with Crippen LogP contribution in [0.5, 0.6) is 0 Å². The maximum absolute atomic E-state index is 11.9. The van der Waals surface area contributed by atoms with E-state index in [9.17, 15) is 9.90 Å². The fourth-order valence-corrected chi connectivity index (χ4v) is 1.68. The van der Waals surface area contributed by atoms with E-state index >= 15 is 0 Å². The lowest BCUT2D eigenvalue weighted by Gasteiger charge is -2.20. The molecular weight excluding hydrogens is 200 g/mol. The molecule has 0 amide bonds. The van der Waals surface area contributed by atoms with Crippen molar-refractivity contribution >= 4 is 5.78 Å². The lowest BCUT2D eigenvalue weighted by molar-refractivity contribution is -0.135. The SMILES string of the molecule is CCC(C)(O)C(=O)Cc1c(C)cccc1C. The van der Waals surface area contributed by atoms with Gasteiger partial charge in [-0.05, 0) is 43.9 Å². The van der Waals surface area contributed by atoms with Crippen molar-refractivity contribution < 1.29 is 9.90 Å². The molecule has 16 heavy (non-hydrogen) atoms. The average Bonchev–Trinajstić information content (AvgIpc) is 2.23. The zero-order valence-electron chi connectivity index (χ0n) is 10.5. The van der Waals surface area contributed by atoms with Crippen LogP contribution in [0.3, 0.4) is 0 Å². The number of aliphatic hydroxyl groups is 1. The van der Waals surface area contributed by atoms with Gasteiger partial charge in [0.2, 0.25) is 0 Å². The molecule has 1 aromatic carbocycles. The van der Waals surface area contributed by atoms with Crippen LogP contribution in [0.25, 0.3) is 0 Å². The van der Waals surface area contributed by atoms with Crippen LogP contribution in [-0.2, 0) is 11.2 Å². The molecule has 0 radical (unpaired) electrons. The van der Waals surface area contributed by atoms with E-state index in [2.05, 4.69) is 0 Å². The normalized spacial score (nSPS) is 14.6. The van der Waals surface area contributed by atoms with Gasteiger partial charge in [0.1, 0.15) is 5.60 Å². The zero-order valence-corrected chi connectivity index (χ0v) is 10.5. The van der Waals surface area contributed by atoms with Crippen molar-refractivity contribution in [1.82, 2.24) is 0 Å². The number of ketones is 1. The first-order chi connectivity index (χ1) is 7.38. The molecule has 0 saturated heterocycles. The van der Waals surface area contributed by atoms with Crippen molar-refractivity contribution in [2.24, 2.45) is 0 Å². The van der Waals surface area contributed by atoms with Crippen LogP contribution in [0.2, 0.25) is 0 Å². The van der Waals surface area contributed by atoms with Crippen LogP contribution in [0, 0.1) is 13.8 Å². The maximum atomic E-state index is 11.9. The Labute approximate surface area is 97.3 Å². The molecule has 1 atom stereocenters. The van der Waals surface area contributed by atoms with E-state index in [1.807, 2.05) is 39.0 Å². The molecule has 1 aromatic rings. The predicted octanol–water partition coefficient (Wildman–Crippen LogP) is 2.58. The Kier molecular flexibility index (Phi) is 3.87. The third kappa shape index (κ3) is 2.70. The number of Topliss-reactive ketones (excluding diaryl/α,β-unsaturated/α-hetero) is 1. The predicted molar refractivity (Wildman–Crippen MR) is 65.5 cm³/mol. The van der Waals surface area contributed by atoms with E-state index in [4.69, 9.17) is 0 Å². The Morgan fingerprint density at radius 1 is 1.31 bits per heavy atom. The molecule has 1 rings (SSSR count). The van der Waals surface area contributed by atoms with Gasteiger partial charge in [-0.2, -0.15) is 0 Å². The number of hydrogen-bond donors (Lipinski definition) is 1. The average molecular weight is 220 g/mol. The fraction of sp³-hybridized carbons (Fsp3) is 0.500. The summed E-state index contributed by atoms with van der Waals surface area (Å²) in [5.41, 5.74) is 2.07. The molecule has 0 aliphatic carbocycles. The Bertz CT molecular complexity index is 371. The van der Waals surface area contributed by atoms with Crippen molar-refractivity contribution in [3.63, 3.8) is 0 Å². The summed E-state index contributed by atoms with van der Waals surface area (Å²) in [5.74, 6) is -0.104. The van der Waals surface area contributed by atoms with Gasteiger partial charge in [0.15, 0.2) is 5.78 Å². The van der Waals surface area contributed by atoms with Crippen molar-refractivity contribution in [1.29, 1.82) is 0 Å². The third-order valence-corrected chi connectivity index (χ3v) is 3.27. The highest BCUT2D eigenvalue weighted by atomic mass is 16.3. The summed E-state index contributed by atoms with van der Waals surface area (Å²) < 4.78 is 0. The second-order valence-corrected chi connectivity index (χ2v) is 4.60. The van der Waals surface area contributed by atoms with E-state index in [0.717, 1.165) is 16.7 Å². The van der Waals surface area contributed by atoms with Crippen molar-refractivity contribution in [3.8, 4) is 0 Å². The largest absolute Gasteiger partial charge is 0.382 e. The van der Waals surface area contributed by atoms with E-state index in [-0.39, 0.29) is 5.78 Å². The molecular formula is C14H20O2. The van der Waals surface area contributed by atoms with E-state index in [1.54, 1.807) is 6.92 Å². The topological polar surface area (TPSA) is 37.3 Å². The van der Waals surface area contributed by atoms with Crippen LogP contribution in [0.15, 0.2) is 18.2 Å². The third-order valence-electron chi connectivity index (χ3n) is 3.27. The van der Waals surface area contributed by atoms with E-state index in [1.165, 1.54) is 0 Å². The van der Waals surface area contributed by atoms with Gasteiger partial charge in [0.25, 0.3) is 0 Å². The minimum absolute atomic E-state index is 0.104. The Balaban J connectivity index is 2.94. The van der Waals surface area contributed by atoms with Crippen LogP contribution in [0.1, 0.15) is 37.0 Å².